The van der Waals surface area contributed by atoms with Gasteiger partial charge in [-0.25, -0.2) is 9.59 Å². The molecule has 4 aliphatic carbocycles. The van der Waals surface area contributed by atoms with E-state index in [9.17, 15) is 9.59 Å². The maximum atomic E-state index is 11.7. The van der Waals surface area contributed by atoms with Crippen molar-refractivity contribution in [3.05, 3.63) is 24.5 Å². The van der Waals surface area contributed by atoms with E-state index in [1.54, 1.807) is 6.92 Å². The molecule has 1 saturated heterocycles. The van der Waals surface area contributed by atoms with Crippen molar-refractivity contribution < 1.29 is 28.9 Å². The van der Waals surface area contributed by atoms with Gasteiger partial charge >= 0.3 is 11.9 Å². The van der Waals surface area contributed by atoms with Crippen molar-refractivity contribution in [2.24, 2.45) is 17.8 Å². The molecule has 0 aromatic heterocycles. The fraction of sp³-hybridized carbons (Fsp3) is 0.714. The molecule has 0 aromatic rings. The summed E-state index contributed by atoms with van der Waals surface area (Å²) < 4.78 is 15.4. The lowest BCUT2D eigenvalue weighted by atomic mass is 9.54. The molecular formula is C21H30O6. The van der Waals surface area contributed by atoms with Crippen LogP contribution in [0, 0.1) is 17.8 Å². The van der Waals surface area contributed by atoms with Crippen molar-refractivity contribution in [1.29, 1.82) is 0 Å². The first kappa shape index (κ1) is 19.9. The molecule has 4 saturated carbocycles. The highest BCUT2D eigenvalue weighted by Crippen LogP contribution is 2.57. The number of aliphatic hydroxyl groups is 1. The third kappa shape index (κ3) is 4.92. The first-order chi connectivity index (χ1) is 12.8. The quantitative estimate of drug-likeness (QED) is 0.455. The normalized spacial score (nSPS) is 35.7. The van der Waals surface area contributed by atoms with Crippen LogP contribution in [0.3, 0.4) is 0 Å². The number of rotatable bonds is 4. The van der Waals surface area contributed by atoms with Gasteiger partial charge in [-0.3, -0.25) is 0 Å². The molecule has 1 unspecified atom stereocenters. The Kier molecular flexibility index (Phi) is 5.94. The highest BCUT2D eigenvalue weighted by molar-refractivity contribution is 5.87. The summed E-state index contributed by atoms with van der Waals surface area (Å²) in [5.41, 5.74) is 0.431. The molecule has 27 heavy (non-hydrogen) atoms. The summed E-state index contributed by atoms with van der Waals surface area (Å²) in [6, 6.07) is 0. The average Bonchev–Trinajstić information content (AvgIpc) is 3.06. The van der Waals surface area contributed by atoms with Crippen molar-refractivity contribution in [2.75, 3.05) is 6.61 Å². The fourth-order valence-electron chi connectivity index (χ4n) is 5.27. The summed E-state index contributed by atoms with van der Waals surface area (Å²) in [6.07, 6.45) is 8.55. The first-order valence-electron chi connectivity index (χ1n) is 9.85. The predicted molar refractivity (Wildman–Crippen MR) is 98.6 cm³/mol. The molecule has 5 fully saturated rings. The second kappa shape index (κ2) is 8.05. The summed E-state index contributed by atoms with van der Waals surface area (Å²) in [4.78, 5) is 22.4. The van der Waals surface area contributed by atoms with Crippen LogP contribution in [0.1, 0.15) is 58.3 Å². The van der Waals surface area contributed by atoms with Crippen LogP contribution >= 0.6 is 0 Å². The van der Waals surface area contributed by atoms with Gasteiger partial charge in [0.25, 0.3) is 0 Å². The topological polar surface area (TPSA) is 82.1 Å². The summed E-state index contributed by atoms with van der Waals surface area (Å²) in [5, 5.41) is 8.56. The van der Waals surface area contributed by atoms with Gasteiger partial charge in [-0.2, -0.15) is 0 Å². The molecule has 5 aliphatic rings. The van der Waals surface area contributed by atoms with Gasteiger partial charge in [0.05, 0.1) is 6.61 Å². The molecular weight excluding hydrogens is 348 g/mol. The van der Waals surface area contributed by atoms with Crippen molar-refractivity contribution in [1.82, 2.24) is 0 Å². The van der Waals surface area contributed by atoms with Gasteiger partial charge in [-0.15, -0.1) is 0 Å². The van der Waals surface area contributed by atoms with Crippen molar-refractivity contribution in [2.45, 2.75) is 70.2 Å². The van der Waals surface area contributed by atoms with E-state index in [0.29, 0.717) is 18.6 Å². The molecule has 6 nitrogen and oxygen atoms in total. The summed E-state index contributed by atoms with van der Waals surface area (Å²) in [5.74, 6) is 0.900. The lowest BCUT2D eigenvalue weighted by Gasteiger charge is -2.55. The van der Waals surface area contributed by atoms with Crippen LogP contribution in [0.25, 0.3) is 0 Å². The van der Waals surface area contributed by atoms with Crippen LogP contribution in [0.4, 0.5) is 0 Å². The van der Waals surface area contributed by atoms with Crippen LogP contribution in [0.15, 0.2) is 24.5 Å². The number of hydrogen-bond acceptors (Lipinski definition) is 6. The van der Waals surface area contributed by atoms with E-state index in [-0.39, 0.29) is 11.6 Å². The molecule has 1 atom stereocenters. The molecule has 0 radical (unpaired) electrons. The second-order valence-electron chi connectivity index (χ2n) is 8.56. The molecule has 150 valence electrons. The van der Waals surface area contributed by atoms with Gasteiger partial charge in [0, 0.05) is 12.0 Å². The van der Waals surface area contributed by atoms with E-state index in [4.69, 9.17) is 14.6 Å². The highest BCUT2D eigenvalue weighted by atomic mass is 16.7. The van der Waals surface area contributed by atoms with E-state index in [1.807, 2.05) is 0 Å². The Balaban J connectivity index is 0.000000168. The number of carbonyl (C=O) groups excluding carboxylic acids is 2. The van der Waals surface area contributed by atoms with Crippen LogP contribution < -0.4 is 0 Å². The number of ether oxygens (including phenoxy) is 3. The van der Waals surface area contributed by atoms with Crippen molar-refractivity contribution >= 4 is 11.9 Å². The largest absolute Gasteiger partial charge is 0.502 e. The average molecular weight is 378 g/mol. The van der Waals surface area contributed by atoms with Crippen molar-refractivity contribution in [3.8, 4) is 0 Å². The van der Waals surface area contributed by atoms with Crippen LogP contribution in [-0.4, -0.2) is 35.5 Å². The number of hydrogen-bond donors (Lipinski definition) is 1. The number of aliphatic hydroxyl groups excluding tert-OH is 1. The van der Waals surface area contributed by atoms with E-state index < -0.39 is 18.0 Å². The van der Waals surface area contributed by atoms with Gasteiger partial charge in [-0.1, -0.05) is 6.58 Å². The van der Waals surface area contributed by atoms with E-state index >= 15 is 0 Å². The zero-order valence-electron chi connectivity index (χ0n) is 16.1. The van der Waals surface area contributed by atoms with Crippen molar-refractivity contribution in [3.63, 3.8) is 0 Å². The first-order valence-corrected chi connectivity index (χ1v) is 9.85. The van der Waals surface area contributed by atoms with Gasteiger partial charge < -0.3 is 19.3 Å². The Morgan fingerprint density at radius 2 is 1.59 bits per heavy atom. The summed E-state index contributed by atoms with van der Waals surface area (Å²) in [7, 11) is 0. The zero-order valence-corrected chi connectivity index (χ0v) is 16.1. The lowest BCUT2D eigenvalue weighted by molar-refractivity contribution is -0.182. The number of carbonyl (C=O) groups is 2. The zero-order chi connectivity index (χ0) is 19.6. The minimum atomic E-state index is -0.808. The van der Waals surface area contributed by atoms with E-state index in [0.717, 1.165) is 43.4 Å². The molecule has 1 heterocycles. The van der Waals surface area contributed by atoms with Gasteiger partial charge in [0.2, 0.25) is 6.29 Å². The maximum Gasteiger partial charge on any atom is 0.375 e. The minimum Gasteiger partial charge on any atom is -0.502 e. The Morgan fingerprint density at radius 1 is 1.04 bits per heavy atom. The standard InChI is InChI=1S/C14H20O2.C7H10O4/c1-9(2)13(15)16-14-6-10-3-11(7-14)5-12(4-10)8-14;1-5(8)7(9)11-6-3-2-4-10-6/h10-12H,1,3-8H2,2H3;6,8H,1-4H2. The molecule has 0 amide bonds. The SMILES string of the molecule is C=C(C)C(=O)OC12CC3CC(CC(C3)C1)C2.C=C(O)C(=O)OC1CCCO1. The molecule has 5 rings (SSSR count). The Morgan fingerprint density at radius 3 is 2.00 bits per heavy atom. The molecule has 4 bridgehead atoms. The highest BCUT2D eigenvalue weighted by Gasteiger charge is 2.53. The molecule has 0 spiro atoms. The lowest BCUT2D eigenvalue weighted by Crippen LogP contribution is -2.52. The van der Waals surface area contributed by atoms with E-state index in [1.165, 1.54) is 19.3 Å². The fourth-order valence-corrected chi connectivity index (χ4v) is 5.27. The van der Waals surface area contributed by atoms with Crippen LogP contribution in [0.2, 0.25) is 0 Å². The van der Waals surface area contributed by atoms with E-state index in [2.05, 4.69) is 17.9 Å². The summed E-state index contributed by atoms with van der Waals surface area (Å²) in [6.45, 7) is 9.05. The minimum absolute atomic E-state index is 0.106. The van der Waals surface area contributed by atoms with Crippen LogP contribution in [0.5, 0.6) is 0 Å². The molecule has 0 aromatic carbocycles. The Hall–Kier alpha value is -1.82. The molecule has 6 heteroatoms. The Labute approximate surface area is 160 Å². The summed E-state index contributed by atoms with van der Waals surface area (Å²) >= 11 is 0. The third-order valence-electron chi connectivity index (χ3n) is 6.00. The van der Waals surface area contributed by atoms with Gasteiger partial charge in [-0.05, 0) is 76.2 Å². The second-order valence-corrected chi connectivity index (χ2v) is 8.56. The van der Waals surface area contributed by atoms with Crippen LogP contribution in [-0.2, 0) is 23.8 Å². The third-order valence-corrected chi connectivity index (χ3v) is 6.00. The molecule has 1 aliphatic heterocycles. The molecule has 1 N–H and O–H groups in total. The van der Waals surface area contributed by atoms with Gasteiger partial charge in [0.15, 0.2) is 5.76 Å². The number of esters is 2. The smallest absolute Gasteiger partial charge is 0.375 e. The monoisotopic (exact) mass is 378 g/mol. The Bertz CT molecular complexity index is 581. The predicted octanol–water partition coefficient (Wildman–Crippen LogP) is 3.81. The maximum absolute atomic E-state index is 11.7. The van der Waals surface area contributed by atoms with Gasteiger partial charge in [0.1, 0.15) is 5.60 Å².